The van der Waals surface area contributed by atoms with Crippen LogP contribution in [0, 0.1) is 0 Å². The average molecular weight is 232 g/mol. The van der Waals surface area contributed by atoms with Crippen LogP contribution in [0.5, 0.6) is 0 Å². The number of carboxylic acid groups (broad SMARTS) is 1. The molecule has 1 aliphatic heterocycles. The third-order valence-corrected chi connectivity index (χ3v) is 2.29. The van der Waals surface area contributed by atoms with Gasteiger partial charge < -0.3 is 20.3 Å². The van der Waals surface area contributed by atoms with Crippen LogP contribution in [0.25, 0.3) is 0 Å². The van der Waals surface area contributed by atoms with Crippen molar-refractivity contribution in [2.75, 3.05) is 39.5 Å². The molecule has 0 aromatic carbocycles. The Morgan fingerprint density at radius 2 is 2.00 bits per heavy atom. The van der Waals surface area contributed by atoms with E-state index < -0.39 is 24.5 Å². The van der Waals surface area contributed by atoms with Crippen LogP contribution < -0.4 is 5.32 Å². The number of aliphatic hydroxyl groups is 1. The fourth-order valence-corrected chi connectivity index (χ4v) is 1.39. The van der Waals surface area contributed by atoms with E-state index in [-0.39, 0.29) is 6.54 Å². The molecule has 7 nitrogen and oxygen atoms in total. The van der Waals surface area contributed by atoms with Gasteiger partial charge in [-0.15, -0.1) is 0 Å². The van der Waals surface area contributed by atoms with Gasteiger partial charge in [0.2, 0.25) is 5.91 Å². The maximum Gasteiger partial charge on any atom is 0.328 e. The largest absolute Gasteiger partial charge is 0.480 e. The van der Waals surface area contributed by atoms with Gasteiger partial charge in [0.1, 0.15) is 6.04 Å². The van der Waals surface area contributed by atoms with Crippen LogP contribution in [-0.4, -0.2) is 72.5 Å². The second-order valence-corrected chi connectivity index (χ2v) is 3.53. The van der Waals surface area contributed by atoms with E-state index in [0.717, 1.165) is 0 Å². The molecule has 16 heavy (non-hydrogen) atoms. The SMILES string of the molecule is O=C(CN1CCOCC1)NC(CO)C(=O)O. The number of amides is 1. The third kappa shape index (κ3) is 4.13. The second-order valence-electron chi connectivity index (χ2n) is 3.53. The summed E-state index contributed by atoms with van der Waals surface area (Å²) >= 11 is 0. The standard InChI is InChI=1S/C9H16N2O5/c12-6-7(9(14)15)10-8(13)5-11-1-3-16-4-2-11/h7,12H,1-6H2,(H,10,13)(H,14,15). The van der Waals surface area contributed by atoms with E-state index in [1.807, 2.05) is 4.90 Å². The van der Waals surface area contributed by atoms with Crippen molar-refractivity contribution >= 4 is 11.9 Å². The van der Waals surface area contributed by atoms with Gasteiger partial charge >= 0.3 is 5.97 Å². The number of nitrogens with zero attached hydrogens (tertiary/aromatic N) is 1. The molecule has 3 N–H and O–H groups in total. The number of hydrogen-bond donors (Lipinski definition) is 3. The number of aliphatic carboxylic acids is 1. The van der Waals surface area contributed by atoms with E-state index in [2.05, 4.69) is 5.32 Å². The number of carboxylic acids is 1. The fourth-order valence-electron chi connectivity index (χ4n) is 1.39. The number of rotatable bonds is 5. The molecule has 0 aromatic rings. The van der Waals surface area contributed by atoms with Crippen molar-refractivity contribution in [3.63, 3.8) is 0 Å². The lowest BCUT2D eigenvalue weighted by Crippen LogP contribution is -2.49. The lowest BCUT2D eigenvalue weighted by Gasteiger charge is -2.26. The van der Waals surface area contributed by atoms with Crippen LogP contribution in [0.15, 0.2) is 0 Å². The average Bonchev–Trinajstić information content (AvgIpc) is 2.27. The molecule has 7 heteroatoms. The Balaban J connectivity index is 2.31. The molecule has 0 radical (unpaired) electrons. The topological polar surface area (TPSA) is 99.1 Å². The first kappa shape index (κ1) is 12.9. The summed E-state index contributed by atoms with van der Waals surface area (Å²) in [4.78, 5) is 23.8. The number of hydrogen-bond acceptors (Lipinski definition) is 5. The van der Waals surface area contributed by atoms with Gasteiger partial charge in [0.05, 0.1) is 26.4 Å². The molecule has 0 aliphatic carbocycles. The van der Waals surface area contributed by atoms with Gasteiger partial charge in [-0.05, 0) is 0 Å². The molecule has 92 valence electrons. The summed E-state index contributed by atoms with van der Waals surface area (Å²) in [7, 11) is 0. The van der Waals surface area contributed by atoms with Crippen molar-refractivity contribution in [2.24, 2.45) is 0 Å². The highest BCUT2D eigenvalue weighted by Crippen LogP contribution is 1.96. The molecule has 1 rings (SSSR count). The number of ether oxygens (including phenoxy) is 1. The Bertz CT molecular complexity index is 252. The normalized spacial score (nSPS) is 19.1. The molecule has 1 unspecified atom stereocenters. The Morgan fingerprint density at radius 1 is 1.38 bits per heavy atom. The molecule has 0 saturated carbocycles. The van der Waals surface area contributed by atoms with Gasteiger partial charge in [0, 0.05) is 13.1 Å². The van der Waals surface area contributed by atoms with Crippen LogP contribution in [0.2, 0.25) is 0 Å². The molecule has 0 aromatic heterocycles. The first-order chi connectivity index (χ1) is 7.63. The molecule has 1 heterocycles. The number of carbonyl (C=O) groups is 2. The Morgan fingerprint density at radius 3 is 2.50 bits per heavy atom. The van der Waals surface area contributed by atoms with Crippen molar-refractivity contribution in [1.29, 1.82) is 0 Å². The van der Waals surface area contributed by atoms with Crippen LogP contribution >= 0.6 is 0 Å². The fraction of sp³-hybridized carbons (Fsp3) is 0.778. The smallest absolute Gasteiger partial charge is 0.328 e. The molecule has 1 fully saturated rings. The van der Waals surface area contributed by atoms with E-state index in [1.165, 1.54) is 0 Å². The zero-order valence-electron chi connectivity index (χ0n) is 8.89. The first-order valence-corrected chi connectivity index (χ1v) is 5.06. The Hall–Kier alpha value is -1.18. The summed E-state index contributed by atoms with van der Waals surface area (Å²) in [6.45, 7) is 2.00. The summed E-state index contributed by atoms with van der Waals surface area (Å²) in [6, 6.07) is -1.23. The maximum absolute atomic E-state index is 11.4. The molecule has 0 spiro atoms. The third-order valence-electron chi connectivity index (χ3n) is 2.29. The van der Waals surface area contributed by atoms with Crippen LogP contribution in [0.3, 0.4) is 0 Å². The van der Waals surface area contributed by atoms with Gasteiger partial charge in [0.25, 0.3) is 0 Å². The van der Waals surface area contributed by atoms with Gasteiger partial charge in [-0.2, -0.15) is 0 Å². The maximum atomic E-state index is 11.4. The molecule has 1 atom stereocenters. The van der Waals surface area contributed by atoms with Crippen molar-refractivity contribution in [1.82, 2.24) is 10.2 Å². The quantitative estimate of drug-likeness (QED) is 0.501. The summed E-state index contributed by atoms with van der Waals surface area (Å²) in [5.41, 5.74) is 0. The summed E-state index contributed by atoms with van der Waals surface area (Å²) < 4.78 is 5.11. The number of morpholine rings is 1. The van der Waals surface area contributed by atoms with Gasteiger partial charge in [-0.3, -0.25) is 9.69 Å². The zero-order valence-corrected chi connectivity index (χ0v) is 8.89. The predicted octanol–water partition coefficient (Wildman–Crippen LogP) is -2.12. The van der Waals surface area contributed by atoms with Crippen molar-refractivity contribution in [3.8, 4) is 0 Å². The molecule has 1 amide bonds. The summed E-state index contributed by atoms with van der Waals surface area (Å²) in [5, 5.41) is 19.6. The zero-order chi connectivity index (χ0) is 12.0. The number of nitrogens with one attached hydrogen (secondary N) is 1. The predicted molar refractivity (Wildman–Crippen MR) is 53.9 cm³/mol. The molecular formula is C9H16N2O5. The lowest BCUT2D eigenvalue weighted by atomic mass is 10.3. The second kappa shape index (κ2) is 6.41. The minimum Gasteiger partial charge on any atom is -0.480 e. The van der Waals surface area contributed by atoms with Crippen LogP contribution in [-0.2, 0) is 14.3 Å². The number of aliphatic hydroxyl groups excluding tert-OH is 1. The van der Waals surface area contributed by atoms with E-state index in [9.17, 15) is 9.59 Å². The molecule has 1 aliphatic rings. The highest BCUT2D eigenvalue weighted by molar-refractivity contribution is 5.84. The molecular weight excluding hydrogens is 216 g/mol. The highest BCUT2D eigenvalue weighted by atomic mass is 16.5. The highest BCUT2D eigenvalue weighted by Gasteiger charge is 2.20. The van der Waals surface area contributed by atoms with E-state index in [1.54, 1.807) is 0 Å². The lowest BCUT2D eigenvalue weighted by molar-refractivity contribution is -0.143. The monoisotopic (exact) mass is 232 g/mol. The number of carbonyl (C=O) groups excluding carboxylic acids is 1. The van der Waals surface area contributed by atoms with Gasteiger partial charge in [-0.25, -0.2) is 4.79 Å². The van der Waals surface area contributed by atoms with Crippen LogP contribution in [0.4, 0.5) is 0 Å². The molecule has 0 bridgehead atoms. The summed E-state index contributed by atoms with van der Waals surface area (Å²) in [6.07, 6.45) is 0. The van der Waals surface area contributed by atoms with Crippen LogP contribution in [0.1, 0.15) is 0 Å². The summed E-state index contributed by atoms with van der Waals surface area (Å²) in [5.74, 6) is -1.64. The van der Waals surface area contributed by atoms with Crippen molar-refractivity contribution in [3.05, 3.63) is 0 Å². The van der Waals surface area contributed by atoms with Crippen molar-refractivity contribution < 1.29 is 24.5 Å². The van der Waals surface area contributed by atoms with E-state index >= 15 is 0 Å². The van der Waals surface area contributed by atoms with E-state index in [4.69, 9.17) is 14.9 Å². The van der Waals surface area contributed by atoms with E-state index in [0.29, 0.717) is 26.3 Å². The Kier molecular flexibility index (Phi) is 5.17. The van der Waals surface area contributed by atoms with Gasteiger partial charge in [-0.1, -0.05) is 0 Å². The first-order valence-electron chi connectivity index (χ1n) is 5.06. The minimum absolute atomic E-state index is 0.132. The van der Waals surface area contributed by atoms with Crippen molar-refractivity contribution in [2.45, 2.75) is 6.04 Å². The van der Waals surface area contributed by atoms with Gasteiger partial charge in [0.15, 0.2) is 0 Å². The minimum atomic E-state index is -1.24. The molecule has 1 saturated heterocycles. The Labute approximate surface area is 93.0 Å².